The highest BCUT2D eigenvalue weighted by Crippen LogP contribution is 2.41. The fourth-order valence-corrected chi connectivity index (χ4v) is 18.9. The smallest absolute Gasteiger partial charge is 0.238 e. The van der Waals surface area contributed by atoms with Gasteiger partial charge in [0.1, 0.15) is 0 Å². The second kappa shape index (κ2) is 36.3. The van der Waals surface area contributed by atoms with E-state index in [9.17, 15) is 0 Å². The molecule has 0 bridgehead atoms. The molecule has 0 aliphatic carbocycles. The average molecular weight is 1730 g/mol. The molecule has 6 heterocycles. The molecule has 0 N–H and O–H groups in total. The van der Waals surface area contributed by atoms with Crippen molar-refractivity contribution < 1.29 is 0 Å². The van der Waals surface area contributed by atoms with Crippen LogP contribution < -0.4 is 0 Å². The van der Waals surface area contributed by atoms with Crippen LogP contribution in [0.25, 0.3) is 227 Å². The lowest BCUT2D eigenvalue weighted by molar-refractivity contribution is 0.951. The number of para-hydroxylation sites is 6. The molecule has 25 aromatic rings. The fourth-order valence-electron chi connectivity index (χ4n) is 18.9. The average Bonchev–Trinajstić information content (AvgIpc) is 1.64. The first kappa shape index (κ1) is 81.2. The minimum Gasteiger partial charge on any atom is -0.309 e. The van der Waals surface area contributed by atoms with E-state index in [1.807, 2.05) is 133 Å². The van der Waals surface area contributed by atoms with Crippen molar-refractivity contribution in [2.24, 2.45) is 0 Å². The van der Waals surface area contributed by atoms with Gasteiger partial charge in [0.15, 0.2) is 29.1 Å². The first-order valence-electron chi connectivity index (χ1n) is 45.4. The topological polar surface area (TPSA) is 118 Å². The summed E-state index contributed by atoms with van der Waals surface area (Å²) >= 11 is 0. The van der Waals surface area contributed by atoms with Crippen LogP contribution >= 0.6 is 0 Å². The summed E-state index contributed by atoms with van der Waals surface area (Å²) in [6, 6.07) is 176. The number of benzene rings is 19. The van der Waals surface area contributed by atoms with E-state index in [1.165, 1.54) is 53.9 Å². The summed E-state index contributed by atoms with van der Waals surface area (Å²) in [5, 5.41) is 21.0. The molecule has 0 fully saturated rings. The summed E-state index contributed by atoms with van der Waals surface area (Å²) in [4.78, 5) is 40.9. The molecular weight excluding hydrogens is 1640 g/mol. The molecule has 0 amide bonds. The molecule has 0 atom stereocenters. The molecule has 0 aliphatic heterocycles. The van der Waals surface area contributed by atoms with Crippen LogP contribution in [0, 0.1) is 0 Å². The molecule has 11 nitrogen and oxygen atoms in total. The van der Waals surface area contributed by atoms with E-state index >= 15 is 0 Å². The number of rotatable bonds is 10. The molecule has 0 aliphatic rings. The maximum absolute atomic E-state index is 5.28. The number of hydrogen-bond acceptors (Lipinski definition) is 8. The normalized spacial score (nSPS) is 11.3. The van der Waals surface area contributed by atoms with Crippen LogP contribution in [0.4, 0.5) is 0 Å². The van der Waals surface area contributed by atoms with Crippen molar-refractivity contribution >= 4 is 130 Å². The van der Waals surface area contributed by atoms with Gasteiger partial charge in [-0.3, -0.25) is 9.13 Å². The third kappa shape index (κ3) is 15.8. The zero-order chi connectivity index (χ0) is 89.8. The molecule has 0 unspecified atom stereocenters. The Morgan fingerprint density at radius 3 is 0.548 bits per heavy atom. The molecule has 135 heavy (non-hydrogen) atoms. The summed E-state index contributed by atoms with van der Waals surface area (Å²) < 4.78 is 6.82. The van der Waals surface area contributed by atoms with Gasteiger partial charge < -0.3 is 4.57 Å². The van der Waals surface area contributed by atoms with Crippen LogP contribution in [0.3, 0.4) is 0 Å². The largest absolute Gasteiger partial charge is 0.309 e. The molecule has 11 heteroatoms. The second-order valence-electron chi connectivity index (χ2n) is 33.2. The van der Waals surface area contributed by atoms with Gasteiger partial charge in [-0.05, 0) is 119 Å². The van der Waals surface area contributed by atoms with Gasteiger partial charge in [0.25, 0.3) is 0 Å². The van der Waals surface area contributed by atoms with E-state index in [0.29, 0.717) is 41.0 Å². The molecule has 0 radical (unpaired) electrons. The van der Waals surface area contributed by atoms with Crippen LogP contribution in [0.1, 0.15) is 0 Å². The lowest BCUT2D eigenvalue weighted by Crippen LogP contribution is -2.08. The van der Waals surface area contributed by atoms with Crippen molar-refractivity contribution in [1.29, 1.82) is 0 Å². The van der Waals surface area contributed by atoms with Gasteiger partial charge in [-0.25, -0.2) is 29.9 Å². The molecule has 0 saturated heterocycles. The van der Waals surface area contributed by atoms with Gasteiger partial charge in [-0.15, -0.1) is 0 Å². The molecule has 0 spiro atoms. The molecule has 634 valence electrons. The number of hydrogen-bond donors (Lipinski definition) is 0. The molecular formula is C124H83N11. The van der Waals surface area contributed by atoms with Crippen LogP contribution in [0.5, 0.6) is 0 Å². The zero-order valence-electron chi connectivity index (χ0n) is 73.3. The van der Waals surface area contributed by atoms with Crippen LogP contribution in [0.15, 0.2) is 504 Å². The fraction of sp³-hybridized carbons (Fsp3) is 0. The lowest BCUT2D eigenvalue weighted by Gasteiger charge is -2.15. The van der Waals surface area contributed by atoms with E-state index in [-0.39, 0.29) is 0 Å². The van der Waals surface area contributed by atoms with E-state index in [2.05, 4.69) is 384 Å². The quantitative estimate of drug-likeness (QED) is 0.133. The molecule has 0 saturated carbocycles. The van der Waals surface area contributed by atoms with Crippen molar-refractivity contribution in [3.05, 3.63) is 504 Å². The van der Waals surface area contributed by atoms with Crippen molar-refractivity contribution in [3.8, 4) is 97.0 Å². The van der Waals surface area contributed by atoms with Crippen LogP contribution in [-0.2, 0) is 0 Å². The van der Waals surface area contributed by atoms with Gasteiger partial charge in [0.05, 0.1) is 44.5 Å². The Morgan fingerprint density at radius 1 is 0.119 bits per heavy atom. The third-order valence-corrected chi connectivity index (χ3v) is 25.0. The summed E-state index contributed by atoms with van der Waals surface area (Å²) in [5.41, 5.74) is 15.8. The minimum atomic E-state index is 0.560. The summed E-state index contributed by atoms with van der Waals surface area (Å²) in [5.74, 6) is 4.33. The predicted octanol–water partition coefficient (Wildman–Crippen LogP) is 31.5. The molecule has 25 rings (SSSR count). The van der Waals surface area contributed by atoms with E-state index < -0.39 is 0 Å². The van der Waals surface area contributed by atoms with Crippen LogP contribution in [-0.4, -0.2) is 53.6 Å². The number of nitrogens with zero attached hydrogens (tertiary/aromatic N) is 11. The van der Waals surface area contributed by atoms with E-state index in [0.717, 1.165) is 132 Å². The highest BCUT2D eigenvalue weighted by molar-refractivity contribution is 6.23. The van der Waals surface area contributed by atoms with Gasteiger partial charge in [0, 0.05) is 76.9 Å². The maximum Gasteiger partial charge on any atom is 0.238 e. The standard InChI is InChI=1S/C45H30N4.C40H27N3.C39H26N4/c1-3-16-31(17-4-1)43-46-44(32-18-5-2-6-19-32)48-45(47-43)33-20-15-21-34(30-33)49-41-28-13-11-26-39(41)37-24-9-7-22-35(37)36-23-8-10-25-38(36)40-27-12-14-29-42(40)49;1-3-15-28(16-4-1)36-27-37(29-17-5-2-6-18-29)42-40(41-36)43-38-25-13-11-23-34(38)32-21-9-7-19-30(32)31-20-8-10-22-33(31)35-24-12-14-26-39(35)43;1-3-15-27(16-4-1)37-40-38(28-17-5-2-6-18-28)42-39(41-37)43-35-25-13-11-23-33(35)31-21-9-7-19-29(31)30-20-8-10-22-32(30)34-24-12-14-26-36(34)43/h1-30H;1-27H;1-26H. The summed E-state index contributed by atoms with van der Waals surface area (Å²) in [6.45, 7) is 0. The maximum atomic E-state index is 5.28. The Hall–Kier alpha value is -18.3. The van der Waals surface area contributed by atoms with Crippen LogP contribution in [0.2, 0.25) is 0 Å². The van der Waals surface area contributed by atoms with Gasteiger partial charge in [-0.2, -0.15) is 9.97 Å². The third-order valence-electron chi connectivity index (χ3n) is 25.0. The van der Waals surface area contributed by atoms with Gasteiger partial charge in [0.2, 0.25) is 11.9 Å². The zero-order valence-corrected chi connectivity index (χ0v) is 73.3. The number of fused-ring (bicyclic) bond motifs is 21. The Morgan fingerprint density at radius 2 is 0.296 bits per heavy atom. The van der Waals surface area contributed by atoms with Crippen molar-refractivity contribution in [1.82, 2.24) is 53.6 Å². The monoisotopic (exact) mass is 1730 g/mol. The second-order valence-corrected chi connectivity index (χ2v) is 33.2. The molecule has 19 aromatic carbocycles. The lowest BCUT2D eigenvalue weighted by atomic mass is 10.0. The first-order chi connectivity index (χ1) is 67.0. The Kier molecular flexibility index (Phi) is 21.8. The first-order valence-corrected chi connectivity index (χ1v) is 45.4. The highest BCUT2D eigenvalue weighted by atomic mass is 15.2. The molecule has 6 aromatic heterocycles. The van der Waals surface area contributed by atoms with Crippen molar-refractivity contribution in [3.63, 3.8) is 0 Å². The van der Waals surface area contributed by atoms with E-state index in [4.69, 9.17) is 39.9 Å². The predicted molar refractivity (Wildman–Crippen MR) is 561 cm³/mol. The SMILES string of the molecule is c1ccc(-c2cc(-c3ccccc3)nc(-n3c4ccccc4c4ccccc4c4ccccc4c4ccccc43)n2)cc1.c1ccc(-c2nc(-c3ccccc3)nc(-c3cccc(-n4c5ccccc5c5ccccc5c5ccccc5c5ccccc54)c3)n2)cc1.c1ccc(-c2nc(-c3ccccc3)nc(-n3c4ccccc4c4ccccc4c4ccccc4c4ccccc43)n2)cc1. The Labute approximate surface area is 778 Å². The summed E-state index contributed by atoms with van der Waals surface area (Å²) in [7, 11) is 0. The van der Waals surface area contributed by atoms with Gasteiger partial charge in [-0.1, -0.05) is 449 Å². The number of aromatic nitrogens is 11. The van der Waals surface area contributed by atoms with Crippen molar-refractivity contribution in [2.75, 3.05) is 0 Å². The minimum absolute atomic E-state index is 0.560. The van der Waals surface area contributed by atoms with Crippen molar-refractivity contribution in [2.45, 2.75) is 0 Å². The van der Waals surface area contributed by atoms with Gasteiger partial charge >= 0.3 is 0 Å². The van der Waals surface area contributed by atoms with E-state index in [1.54, 1.807) is 0 Å². The summed E-state index contributed by atoms with van der Waals surface area (Å²) in [6.07, 6.45) is 0. The Bertz CT molecular complexity index is 8240. The highest BCUT2D eigenvalue weighted by Gasteiger charge is 2.22. The Balaban J connectivity index is 0.000000114.